The van der Waals surface area contributed by atoms with Gasteiger partial charge >= 0.3 is 0 Å². The van der Waals surface area contributed by atoms with E-state index in [1.165, 1.54) is 0 Å². The third kappa shape index (κ3) is 2.07. The van der Waals surface area contributed by atoms with Crippen molar-refractivity contribution < 1.29 is 9.27 Å². The lowest BCUT2D eigenvalue weighted by atomic mass is 10.2. The van der Waals surface area contributed by atoms with Gasteiger partial charge in [-0.05, 0) is 12.1 Å². The summed E-state index contributed by atoms with van der Waals surface area (Å²) < 4.78 is 11.2. The Kier molecular flexibility index (Phi) is 3.18. The zero-order valence-corrected chi connectivity index (χ0v) is 10.1. The number of hydrogen-bond donors (Lipinski definition) is 1. The minimum Gasteiger partial charge on any atom is -0.627 e. The highest BCUT2D eigenvalue weighted by Gasteiger charge is 2.21. The van der Waals surface area contributed by atoms with Gasteiger partial charge in [-0.25, -0.2) is 4.99 Å². The van der Waals surface area contributed by atoms with Crippen molar-refractivity contribution in [2.45, 2.75) is 13.1 Å². The summed E-state index contributed by atoms with van der Waals surface area (Å²) in [6.07, 6.45) is 1.12. The average molecular weight is 238 g/mol. The molecular formula is C11H14N2O2S. The minimum atomic E-state index is -1.00. The van der Waals surface area contributed by atoms with E-state index in [1.807, 2.05) is 24.3 Å². The van der Waals surface area contributed by atoms with Crippen molar-refractivity contribution in [3.63, 3.8) is 0 Å². The van der Waals surface area contributed by atoms with Crippen LogP contribution in [0, 0.1) is 5.21 Å². The highest BCUT2D eigenvalue weighted by atomic mass is 32.2. The molecule has 0 amide bonds. The highest BCUT2D eigenvalue weighted by Crippen LogP contribution is 1.91. The van der Waals surface area contributed by atoms with Gasteiger partial charge in [0.25, 0.3) is 0 Å². The molecule has 5 heteroatoms. The van der Waals surface area contributed by atoms with Crippen molar-refractivity contribution >= 4 is 16.5 Å². The van der Waals surface area contributed by atoms with Gasteiger partial charge in [0.05, 0.1) is 16.3 Å². The van der Waals surface area contributed by atoms with Gasteiger partial charge in [-0.3, -0.25) is 4.21 Å². The molecule has 0 aromatic heterocycles. The molecule has 1 aliphatic rings. The maximum Gasteiger partial charge on any atom is 0.197 e. The second-order valence-corrected chi connectivity index (χ2v) is 5.37. The standard InChI is InChI=1S/C11H14N2O2S/c1-8-9-5-3-4-6-10(9)12-11(13(8)14)7-16(2)15/h3-6,11,13H,7H2,1-2H3. The Hall–Kier alpha value is -1.04. The van der Waals surface area contributed by atoms with Crippen molar-refractivity contribution in [1.29, 1.82) is 0 Å². The molecule has 0 aliphatic carbocycles. The van der Waals surface area contributed by atoms with Crippen LogP contribution in [0.15, 0.2) is 29.3 Å². The lowest BCUT2D eigenvalue weighted by Gasteiger charge is -2.30. The van der Waals surface area contributed by atoms with Gasteiger partial charge < -0.3 is 10.3 Å². The maximum absolute atomic E-state index is 12.0. The van der Waals surface area contributed by atoms with Crippen molar-refractivity contribution in [3.8, 4) is 0 Å². The molecule has 0 saturated carbocycles. The van der Waals surface area contributed by atoms with Gasteiger partial charge in [0.1, 0.15) is 5.70 Å². The van der Waals surface area contributed by atoms with Crippen LogP contribution in [0.3, 0.4) is 0 Å². The van der Waals surface area contributed by atoms with Crippen molar-refractivity contribution in [1.82, 2.24) is 0 Å². The van der Waals surface area contributed by atoms with Gasteiger partial charge in [-0.2, -0.15) is 0 Å². The average Bonchev–Trinajstić information content (AvgIpc) is 2.25. The number of fused-ring (bicyclic) bond motifs is 1. The number of hydrogen-bond acceptors (Lipinski definition) is 3. The Balaban J connectivity index is 2.53. The van der Waals surface area contributed by atoms with E-state index in [0.717, 1.165) is 16.3 Å². The first-order valence-corrected chi connectivity index (χ1v) is 6.80. The highest BCUT2D eigenvalue weighted by molar-refractivity contribution is 7.84. The van der Waals surface area contributed by atoms with Crippen LogP contribution in [0.4, 0.5) is 0 Å². The van der Waals surface area contributed by atoms with E-state index in [4.69, 9.17) is 0 Å². The summed E-state index contributed by atoms with van der Waals surface area (Å²) in [5.74, 6) is 0.310. The summed E-state index contributed by atoms with van der Waals surface area (Å²) in [4.78, 5) is 4.35. The Morgan fingerprint density at radius 3 is 2.88 bits per heavy atom. The molecule has 16 heavy (non-hydrogen) atoms. The normalized spacial score (nSPS) is 25.8. The fourth-order valence-electron chi connectivity index (χ4n) is 1.85. The predicted octanol–water partition coefficient (Wildman–Crippen LogP) is -1.46. The van der Waals surface area contributed by atoms with Crippen LogP contribution in [-0.4, -0.2) is 22.4 Å². The first-order valence-electron chi connectivity index (χ1n) is 5.07. The van der Waals surface area contributed by atoms with Crippen molar-refractivity contribution in [3.05, 3.63) is 40.0 Å². The van der Waals surface area contributed by atoms with E-state index in [2.05, 4.69) is 4.99 Å². The molecular weight excluding hydrogens is 224 g/mol. The molecule has 2 rings (SSSR count). The maximum atomic E-state index is 12.0. The van der Waals surface area contributed by atoms with Crippen LogP contribution < -0.4 is 15.6 Å². The molecule has 0 saturated heterocycles. The minimum absolute atomic E-state index is 0.00565. The number of hydroxylamine groups is 2. The summed E-state index contributed by atoms with van der Waals surface area (Å²) in [6, 6.07) is 7.57. The first-order chi connectivity index (χ1) is 7.59. The van der Waals surface area contributed by atoms with E-state index >= 15 is 0 Å². The molecule has 0 fully saturated rings. The quantitative estimate of drug-likeness (QED) is 0.640. The van der Waals surface area contributed by atoms with Gasteiger partial charge in [-0.1, -0.05) is 12.1 Å². The van der Waals surface area contributed by atoms with Crippen LogP contribution in [0.5, 0.6) is 0 Å². The summed E-state index contributed by atoms with van der Waals surface area (Å²) in [5.41, 5.74) is 0.723. The zero-order valence-electron chi connectivity index (χ0n) is 9.27. The number of para-hydroxylation sites is 1. The topological polar surface area (TPSA) is 56.9 Å². The molecule has 0 spiro atoms. The molecule has 1 heterocycles. The lowest BCUT2D eigenvalue weighted by molar-refractivity contribution is -0.799. The zero-order chi connectivity index (χ0) is 11.7. The smallest absolute Gasteiger partial charge is 0.197 e. The molecule has 3 unspecified atom stereocenters. The molecule has 1 aliphatic heterocycles. The Morgan fingerprint density at radius 1 is 1.50 bits per heavy atom. The molecule has 0 radical (unpaired) electrons. The van der Waals surface area contributed by atoms with Gasteiger partial charge in [0, 0.05) is 24.0 Å². The fourth-order valence-corrected chi connectivity index (χ4v) is 2.52. The second kappa shape index (κ2) is 4.45. The second-order valence-electron chi connectivity index (χ2n) is 3.89. The third-order valence-electron chi connectivity index (χ3n) is 2.67. The van der Waals surface area contributed by atoms with E-state index in [9.17, 15) is 9.42 Å². The number of benzene rings is 1. The molecule has 1 aromatic rings. The Bertz CT molecular complexity index is 541. The number of rotatable bonds is 2. The van der Waals surface area contributed by atoms with Crippen molar-refractivity contribution in [2.24, 2.45) is 4.99 Å². The Morgan fingerprint density at radius 2 is 2.19 bits per heavy atom. The first kappa shape index (κ1) is 11.4. The van der Waals surface area contributed by atoms with E-state index in [0.29, 0.717) is 5.75 Å². The number of quaternary nitrogens is 1. The molecule has 86 valence electrons. The van der Waals surface area contributed by atoms with E-state index < -0.39 is 17.0 Å². The largest absolute Gasteiger partial charge is 0.627 e. The van der Waals surface area contributed by atoms with E-state index in [1.54, 1.807) is 13.2 Å². The SMILES string of the molecule is CC1=c2ccccc2=NC(CS(C)=O)[NH+]1[O-]. The van der Waals surface area contributed by atoms with Crippen molar-refractivity contribution in [2.75, 3.05) is 12.0 Å². The van der Waals surface area contributed by atoms with E-state index in [-0.39, 0.29) is 5.06 Å². The Labute approximate surface area is 96.3 Å². The molecule has 1 N–H and O–H groups in total. The van der Waals surface area contributed by atoms with Crippen LogP contribution in [0.25, 0.3) is 5.70 Å². The fraction of sp³-hybridized carbons (Fsp3) is 0.364. The van der Waals surface area contributed by atoms with Crippen LogP contribution in [0.1, 0.15) is 6.92 Å². The summed E-state index contributed by atoms with van der Waals surface area (Å²) >= 11 is 0. The summed E-state index contributed by atoms with van der Waals surface area (Å²) in [6.45, 7) is 1.81. The molecule has 0 bridgehead atoms. The van der Waals surface area contributed by atoms with Crippen LogP contribution >= 0.6 is 0 Å². The molecule has 1 aromatic carbocycles. The predicted molar refractivity (Wildman–Crippen MR) is 63.4 cm³/mol. The number of nitrogens with zero attached hydrogens (tertiary/aromatic N) is 1. The number of nitrogens with one attached hydrogen (secondary N) is 1. The molecule has 3 atom stereocenters. The van der Waals surface area contributed by atoms with Gasteiger partial charge in [0.15, 0.2) is 6.17 Å². The van der Waals surface area contributed by atoms with Gasteiger partial charge in [0.2, 0.25) is 0 Å². The van der Waals surface area contributed by atoms with Gasteiger partial charge in [-0.15, -0.1) is 0 Å². The monoisotopic (exact) mass is 238 g/mol. The summed E-state index contributed by atoms with van der Waals surface area (Å²) in [5, 5.41) is 13.7. The molecule has 4 nitrogen and oxygen atoms in total. The third-order valence-corrected chi connectivity index (χ3v) is 3.45. The van der Waals surface area contributed by atoms with Crippen LogP contribution in [0.2, 0.25) is 0 Å². The van der Waals surface area contributed by atoms with Crippen LogP contribution in [-0.2, 0) is 10.8 Å². The summed E-state index contributed by atoms with van der Waals surface area (Å²) in [7, 11) is -1.00. The lowest BCUT2D eigenvalue weighted by Crippen LogP contribution is -3.10.